The number of unbranched alkanes of at least 4 members (excludes halogenated alkanes) is 1. The third-order valence-electron chi connectivity index (χ3n) is 4.54. The Morgan fingerprint density at radius 1 is 1.10 bits per heavy atom. The molecule has 152 valence electrons. The van der Waals surface area contributed by atoms with Crippen molar-refractivity contribution < 1.29 is 18.7 Å². The number of ether oxygens (including phenoxy) is 1. The van der Waals surface area contributed by atoms with E-state index >= 15 is 0 Å². The van der Waals surface area contributed by atoms with Gasteiger partial charge in [0.15, 0.2) is 0 Å². The third kappa shape index (κ3) is 5.60. The van der Waals surface area contributed by atoms with Crippen LogP contribution in [0.25, 0.3) is 11.0 Å². The molecule has 2 aromatic carbocycles. The standard InChI is InChI=1S/C23H26N2O4/c1-3-4-13-28-19-11-9-17(10-12-19)23(27)24-15-22(26)25-16(2)21-14-18-7-5-6-8-20(18)29-21/h5-12,14,16H,3-4,13,15H2,1-2H3,(H,24,27)(H,25,26)/t16-/m1/s1. The van der Waals surface area contributed by atoms with Crippen molar-refractivity contribution in [1.82, 2.24) is 10.6 Å². The zero-order chi connectivity index (χ0) is 20.6. The summed E-state index contributed by atoms with van der Waals surface area (Å²) in [6.45, 7) is 4.49. The summed E-state index contributed by atoms with van der Waals surface area (Å²) in [6, 6.07) is 16.2. The topological polar surface area (TPSA) is 80.6 Å². The van der Waals surface area contributed by atoms with Gasteiger partial charge >= 0.3 is 0 Å². The second-order valence-corrected chi connectivity index (χ2v) is 6.88. The molecule has 0 bridgehead atoms. The van der Waals surface area contributed by atoms with Gasteiger partial charge < -0.3 is 19.8 Å². The molecule has 0 aliphatic rings. The van der Waals surface area contributed by atoms with Crippen molar-refractivity contribution >= 4 is 22.8 Å². The summed E-state index contributed by atoms with van der Waals surface area (Å²) in [4.78, 5) is 24.4. The van der Waals surface area contributed by atoms with E-state index in [0.29, 0.717) is 17.9 Å². The van der Waals surface area contributed by atoms with Crippen molar-refractivity contribution in [3.05, 3.63) is 65.9 Å². The van der Waals surface area contributed by atoms with E-state index in [9.17, 15) is 9.59 Å². The molecular weight excluding hydrogens is 368 g/mol. The fraction of sp³-hybridized carbons (Fsp3) is 0.304. The van der Waals surface area contributed by atoms with Crippen LogP contribution in [0, 0.1) is 0 Å². The fourth-order valence-corrected chi connectivity index (χ4v) is 2.88. The molecule has 2 N–H and O–H groups in total. The van der Waals surface area contributed by atoms with Gasteiger partial charge in [0.2, 0.25) is 5.91 Å². The second-order valence-electron chi connectivity index (χ2n) is 6.88. The lowest BCUT2D eigenvalue weighted by Gasteiger charge is -2.12. The summed E-state index contributed by atoms with van der Waals surface area (Å²) in [6.07, 6.45) is 2.06. The van der Waals surface area contributed by atoms with Gasteiger partial charge in [0.05, 0.1) is 19.2 Å². The maximum absolute atomic E-state index is 12.2. The van der Waals surface area contributed by atoms with Gasteiger partial charge in [-0.2, -0.15) is 0 Å². The third-order valence-corrected chi connectivity index (χ3v) is 4.54. The first-order valence-electron chi connectivity index (χ1n) is 9.85. The Bertz CT molecular complexity index is 929. The number of nitrogens with one attached hydrogen (secondary N) is 2. The average Bonchev–Trinajstić information content (AvgIpc) is 3.17. The van der Waals surface area contributed by atoms with Crippen molar-refractivity contribution in [1.29, 1.82) is 0 Å². The van der Waals surface area contributed by atoms with Crippen LogP contribution in [0.4, 0.5) is 0 Å². The number of carbonyl (C=O) groups excluding carboxylic acids is 2. The molecule has 2 amide bonds. The number of carbonyl (C=O) groups is 2. The average molecular weight is 394 g/mol. The predicted molar refractivity (Wildman–Crippen MR) is 112 cm³/mol. The molecule has 3 aromatic rings. The maximum atomic E-state index is 12.2. The SMILES string of the molecule is CCCCOc1ccc(C(=O)NCC(=O)N[C@H](C)c2cc3ccccc3o2)cc1. The lowest BCUT2D eigenvalue weighted by atomic mass is 10.2. The molecular formula is C23H26N2O4. The summed E-state index contributed by atoms with van der Waals surface area (Å²) >= 11 is 0. The lowest BCUT2D eigenvalue weighted by molar-refractivity contribution is -0.120. The number of amides is 2. The van der Waals surface area contributed by atoms with Gasteiger partial charge in [-0.3, -0.25) is 9.59 Å². The van der Waals surface area contributed by atoms with Crippen LogP contribution in [0.5, 0.6) is 5.75 Å². The molecule has 1 heterocycles. The van der Waals surface area contributed by atoms with Crippen molar-refractivity contribution in [3.8, 4) is 5.75 Å². The molecule has 0 unspecified atom stereocenters. The van der Waals surface area contributed by atoms with E-state index in [2.05, 4.69) is 17.6 Å². The van der Waals surface area contributed by atoms with E-state index in [4.69, 9.17) is 9.15 Å². The number of para-hydroxylation sites is 1. The van der Waals surface area contributed by atoms with E-state index in [1.165, 1.54) is 0 Å². The smallest absolute Gasteiger partial charge is 0.251 e. The van der Waals surface area contributed by atoms with E-state index in [-0.39, 0.29) is 24.4 Å². The van der Waals surface area contributed by atoms with Gasteiger partial charge in [-0.25, -0.2) is 0 Å². The highest BCUT2D eigenvalue weighted by Gasteiger charge is 2.15. The highest BCUT2D eigenvalue weighted by molar-refractivity contribution is 5.96. The van der Waals surface area contributed by atoms with Crippen molar-refractivity contribution in [2.75, 3.05) is 13.2 Å². The first-order chi connectivity index (χ1) is 14.1. The number of rotatable bonds is 9. The van der Waals surface area contributed by atoms with Crippen molar-refractivity contribution in [2.24, 2.45) is 0 Å². The molecule has 0 radical (unpaired) electrons. The van der Waals surface area contributed by atoms with Gasteiger partial charge in [-0.05, 0) is 49.7 Å². The van der Waals surface area contributed by atoms with Crippen molar-refractivity contribution in [3.63, 3.8) is 0 Å². The molecule has 29 heavy (non-hydrogen) atoms. The molecule has 0 aliphatic heterocycles. The molecule has 1 atom stereocenters. The molecule has 6 heteroatoms. The Kier molecular flexibility index (Phi) is 6.89. The monoisotopic (exact) mass is 394 g/mol. The first kappa shape index (κ1) is 20.5. The molecule has 0 saturated carbocycles. The van der Waals surface area contributed by atoms with Crippen LogP contribution in [0.2, 0.25) is 0 Å². The highest BCUT2D eigenvalue weighted by Crippen LogP contribution is 2.23. The van der Waals surface area contributed by atoms with Gasteiger partial charge in [-0.15, -0.1) is 0 Å². The highest BCUT2D eigenvalue weighted by atomic mass is 16.5. The minimum Gasteiger partial charge on any atom is -0.494 e. The first-order valence-corrected chi connectivity index (χ1v) is 9.85. The molecule has 0 aliphatic carbocycles. The lowest BCUT2D eigenvalue weighted by Crippen LogP contribution is -2.37. The Balaban J connectivity index is 1.47. The molecule has 0 spiro atoms. The summed E-state index contributed by atoms with van der Waals surface area (Å²) < 4.78 is 11.3. The molecule has 3 rings (SSSR count). The van der Waals surface area contributed by atoms with Crippen molar-refractivity contribution in [2.45, 2.75) is 32.7 Å². The number of fused-ring (bicyclic) bond motifs is 1. The Morgan fingerprint density at radius 3 is 2.59 bits per heavy atom. The second kappa shape index (κ2) is 9.78. The quantitative estimate of drug-likeness (QED) is 0.533. The van der Waals surface area contributed by atoms with Crippen LogP contribution in [0.1, 0.15) is 48.8 Å². The minimum absolute atomic E-state index is 0.113. The largest absolute Gasteiger partial charge is 0.494 e. The van der Waals surface area contributed by atoms with E-state index < -0.39 is 0 Å². The summed E-state index contributed by atoms with van der Waals surface area (Å²) in [5, 5.41) is 6.45. The van der Waals surface area contributed by atoms with Crippen LogP contribution >= 0.6 is 0 Å². The Labute approximate surface area is 170 Å². The summed E-state index contributed by atoms with van der Waals surface area (Å²) in [7, 11) is 0. The van der Waals surface area contributed by atoms with Gasteiger partial charge in [-0.1, -0.05) is 31.5 Å². The molecule has 0 fully saturated rings. The number of hydrogen-bond acceptors (Lipinski definition) is 4. The van der Waals surface area contributed by atoms with Gasteiger partial charge in [0.25, 0.3) is 5.91 Å². The zero-order valence-corrected chi connectivity index (χ0v) is 16.7. The maximum Gasteiger partial charge on any atom is 0.251 e. The fourth-order valence-electron chi connectivity index (χ4n) is 2.88. The number of furan rings is 1. The summed E-state index contributed by atoms with van der Waals surface area (Å²) in [5.41, 5.74) is 1.25. The molecule has 6 nitrogen and oxygen atoms in total. The molecule has 0 saturated heterocycles. The summed E-state index contributed by atoms with van der Waals surface area (Å²) in [5.74, 6) is 0.805. The van der Waals surface area contributed by atoms with Gasteiger partial charge in [0.1, 0.15) is 17.1 Å². The van der Waals surface area contributed by atoms with Gasteiger partial charge in [0, 0.05) is 10.9 Å². The number of benzene rings is 2. The van der Waals surface area contributed by atoms with Crippen LogP contribution < -0.4 is 15.4 Å². The van der Waals surface area contributed by atoms with Crippen LogP contribution in [-0.2, 0) is 4.79 Å². The van der Waals surface area contributed by atoms with Crippen LogP contribution in [0.3, 0.4) is 0 Å². The van der Waals surface area contributed by atoms with E-state index in [0.717, 1.165) is 29.6 Å². The van der Waals surface area contributed by atoms with E-state index in [1.807, 2.05) is 37.3 Å². The van der Waals surface area contributed by atoms with E-state index in [1.54, 1.807) is 24.3 Å². The molecule has 1 aromatic heterocycles. The minimum atomic E-state index is -0.309. The van der Waals surface area contributed by atoms with Crippen LogP contribution in [-0.4, -0.2) is 25.0 Å². The number of hydrogen-bond donors (Lipinski definition) is 2. The normalized spacial score (nSPS) is 11.8. The van der Waals surface area contributed by atoms with Crippen LogP contribution in [0.15, 0.2) is 59.0 Å². The Hall–Kier alpha value is -3.28. The zero-order valence-electron chi connectivity index (χ0n) is 16.7. The Morgan fingerprint density at radius 2 is 1.86 bits per heavy atom. The predicted octanol–water partition coefficient (Wildman–Crippen LogP) is 4.22.